The Kier molecular flexibility index (Phi) is 8.24. The normalized spacial score (nSPS) is 14.0. The average Bonchev–Trinajstić information content (AvgIpc) is 2.75. The summed E-state index contributed by atoms with van der Waals surface area (Å²) in [6.45, 7) is 3.94. The summed E-state index contributed by atoms with van der Waals surface area (Å²) < 4.78 is 11.8. The van der Waals surface area contributed by atoms with Gasteiger partial charge in [0.2, 0.25) is 0 Å². The standard InChI is InChI=1S/C24H30N4O4/c1-17(16-29)31-21-12-18(15-27-23(25)8-9-26-2)13-22(14-21)32-20-6-4-19(5-7-20)24(30)28-10-3-11-28/h4-9,12-14,17,26,29H,3,10-11,15-16H2,1-2H3,(H2,25,27)/p+2/b9-8-/t17-/m0/s1. The molecule has 170 valence electrons. The number of amidine groups is 1. The molecule has 8 nitrogen and oxygen atoms in total. The molecule has 1 aliphatic heterocycles. The van der Waals surface area contributed by atoms with Gasteiger partial charge in [0.15, 0.2) is 0 Å². The molecule has 0 saturated carbocycles. The van der Waals surface area contributed by atoms with E-state index in [2.05, 4.69) is 5.32 Å². The van der Waals surface area contributed by atoms with E-state index in [0.29, 0.717) is 35.2 Å². The van der Waals surface area contributed by atoms with Crippen molar-refractivity contribution in [2.24, 2.45) is 0 Å². The first-order valence-corrected chi connectivity index (χ1v) is 10.8. The van der Waals surface area contributed by atoms with Crippen LogP contribution in [0.3, 0.4) is 0 Å². The average molecular weight is 441 g/mol. The molecular formula is C24H32N4O4+2. The number of benzene rings is 2. The van der Waals surface area contributed by atoms with Gasteiger partial charge in [-0.15, -0.1) is 0 Å². The third kappa shape index (κ3) is 6.57. The predicted octanol–water partition coefficient (Wildman–Crippen LogP) is 0.0385. The van der Waals surface area contributed by atoms with Crippen molar-refractivity contribution >= 4 is 11.7 Å². The number of hydrogen-bond donors (Lipinski definition) is 4. The van der Waals surface area contributed by atoms with Crippen molar-refractivity contribution in [3.05, 3.63) is 65.9 Å². The fourth-order valence-corrected chi connectivity index (χ4v) is 3.13. The molecule has 0 unspecified atom stereocenters. The lowest BCUT2D eigenvalue weighted by Crippen LogP contribution is -2.92. The van der Waals surface area contributed by atoms with Crippen molar-refractivity contribution < 1.29 is 30.1 Å². The van der Waals surface area contributed by atoms with Crippen LogP contribution in [0.1, 0.15) is 29.3 Å². The number of rotatable bonds is 10. The SMILES string of the molecule is CN/C=C\C(=[NH2+])[NH2+]Cc1cc(Oc2ccc(C(=O)N3CCC3)cc2)cc(O[C@@H](C)CO)c1. The van der Waals surface area contributed by atoms with Crippen molar-refractivity contribution in [3.8, 4) is 17.2 Å². The lowest BCUT2D eigenvalue weighted by atomic mass is 10.1. The molecular weight excluding hydrogens is 408 g/mol. The van der Waals surface area contributed by atoms with Gasteiger partial charge in [0.25, 0.3) is 5.91 Å². The molecule has 3 rings (SSSR count). The van der Waals surface area contributed by atoms with Crippen LogP contribution < -0.4 is 25.5 Å². The number of hydrogen-bond acceptors (Lipinski definition) is 5. The van der Waals surface area contributed by atoms with Gasteiger partial charge >= 0.3 is 5.84 Å². The number of amides is 1. The molecule has 1 aliphatic rings. The molecule has 0 spiro atoms. The number of nitrogens with one attached hydrogen (secondary N) is 1. The summed E-state index contributed by atoms with van der Waals surface area (Å²) >= 11 is 0. The van der Waals surface area contributed by atoms with Crippen molar-refractivity contribution in [1.29, 1.82) is 0 Å². The molecule has 0 aliphatic carbocycles. The van der Waals surface area contributed by atoms with E-state index in [9.17, 15) is 9.90 Å². The van der Waals surface area contributed by atoms with E-state index in [0.717, 1.165) is 25.1 Å². The number of quaternary nitrogens is 1. The van der Waals surface area contributed by atoms with Crippen molar-refractivity contribution in [3.63, 3.8) is 0 Å². The zero-order valence-electron chi connectivity index (χ0n) is 18.6. The first-order valence-electron chi connectivity index (χ1n) is 10.8. The molecule has 0 aromatic heterocycles. The molecule has 1 amide bonds. The van der Waals surface area contributed by atoms with E-state index in [1.165, 1.54) is 0 Å². The molecule has 1 heterocycles. The molecule has 32 heavy (non-hydrogen) atoms. The maximum atomic E-state index is 12.3. The molecule has 1 fully saturated rings. The van der Waals surface area contributed by atoms with Crippen LogP contribution in [-0.4, -0.2) is 54.6 Å². The maximum absolute atomic E-state index is 12.3. The Morgan fingerprint density at radius 1 is 1.22 bits per heavy atom. The summed E-state index contributed by atoms with van der Waals surface area (Å²) in [4.78, 5) is 14.2. The van der Waals surface area contributed by atoms with E-state index in [1.54, 1.807) is 49.5 Å². The van der Waals surface area contributed by atoms with Crippen LogP contribution in [0.25, 0.3) is 0 Å². The Hall–Kier alpha value is -3.36. The first kappa shape index (κ1) is 23.3. The van der Waals surface area contributed by atoms with Crippen LogP contribution in [0.4, 0.5) is 0 Å². The van der Waals surface area contributed by atoms with E-state index in [4.69, 9.17) is 14.9 Å². The van der Waals surface area contributed by atoms with Crippen LogP contribution in [-0.2, 0) is 6.54 Å². The number of nitrogens with two attached hydrogens (primary N) is 2. The second kappa shape index (κ2) is 11.3. The molecule has 1 atom stereocenters. The molecule has 2 aromatic carbocycles. The Balaban J connectivity index is 1.73. The van der Waals surface area contributed by atoms with Crippen LogP contribution in [0.15, 0.2) is 54.7 Å². The fraction of sp³-hybridized carbons (Fsp3) is 0.333. The zero-order chi connectivity index (χ0) is 22.9. The van der Waals surface area contributed by atoms with E-state index in [1.807, 2.05) is 29.4 Å². The predicted molar refractivity (Wildman–Crippen MR) is 121 cm³/mol. The third-order valence-electron chi connectivity index (χ3n) is 5.03. The van der Waals surface area contributed by atoms with Gasteiger partial charge < -0.3 is 24.8 Å². The van der Waals surface area contributed by atoms with Crippen molar-refractivity contribution in [2.45, 2.75) is 26.0 Å². The summed E-state index contributed by atoms with van der Waals surface area (Å²) in [6, 6.07) is 12.7. The van der Waals surface area contributed by atoms with Crippen LogP contribution in [0.2, 0.25) is 0 Å². The number of ether oxygens (including phenoxy) is 2. The van der Waals surface area contributed by atoms with Gasteiger partial charge in [-0.25, -0.2) is 5.41 Å². The Morgan fingerprint density at radius 3 is 2.56 bits per heavy atom. The van der Waals surface area contributed by atoms with E-state index in [-0.39, 0.29) is 18.6 Å². The van der Waals surface area contributed by atoms with Gasteiger partial charge in [0, 0.05) is 43.5 Å². The number of carbonyl (C=O) groups is 1. The number of aliphatic hydroxyl groups is 1. The van der Waals surface area contributed by atoms with Crippen LogP contribution >= 0.6 is 0 Å². The number of likely N-dealkylation sites (tertiary alicyclic amines) is 1. The highest BCUT2D eigenvalue weighted by Crippen LogP contribution is 2.28. The van der Waals surface area contributed by atoms with Crippen LogP contribution in [0, 0.1) is 0 Å². The highest BCUT2D eigenvalue weighted by Gasteiger charge is 2.21. The zero-order valence-corrected chi connectivity index (χ0v) is 18.6. The highest BCUT2D eigenvalue weighted by molar-refractivity contribution is 5.94. The monoisotopic (exact) mass is 440 g/mol. The molecule has 2 aromatic rings. The van der Waals surface area contributed by atoms with Gasteiger partial charge in [-0.05, 0) is 49.7 Å². The molecule has 8 heteroatoms. The van der Waals surface area contributed by atoms with Gasteiger partial charge in [0.05, 0.1) is 12.7 Å². The minimum atomic E-state index is -0.343. The molecule has 0 bridgehead atoms. The second-order valence-electron chi connectivity index (χ2n) is 7.73. The topological polar surface area (TPSA) is 113 Å². The third-order valence-corrected chi connectivity index (χ3v) is 5.03. The Morgan fingerprint density at radius 2 is 1.94 bits per heavy atom. The molecule has 1 saturated heterocycles. The first-order chi connectivity index (χ1) is 15.5. The number of aliphatic hydroxyl groups excluding tert-OH is 1. The van der Waals surface area contributed by atoms with Gasteiger partial charge in [0.1, 0.15) is 29.9 Å². The quantitative estimate of drug-likeness (QED) is 0.308. The second-order valence-corrected chi connectivity index (χ2v) is 7.73. The van der Waals surface area contributed by atoms with E-state index < -0.39 is 0 Å². The largest absolute Gasteiger partial charge is 0.488 e. The Bertz CT molecular complexity index is 955. The summed E-state index contributed by atoms with van der Waals surface area (Å²) in [7, 11) is 1.81. The van der Waals surface area contributed by atoms with Gasteiger partial charge in [-0.1, -0.05) is 0 Å². The van der Waals surface area contributed by atoms with Gasteiger partial charge in [-0.3, -0.25) is 10.1 Å². The smallest absolute Gasteiger partial charge is 0.358 e. The lowest BCUT2D eigenvalue weighted by molar-refractivity contribution is -0.580. The van der Waals surface area contributed by atoms with Gasteiger partial charge in [-0.2, -0.15) is 0 Å². The molecule has 6 N–H and O–H groups in total. The molecule has 0 radical (unpaired) electrons. The minimum absolute atomic E-state index is 0.0511. The maximum Gasteiger partial charge on any atom is 0.358 e. The number of carbonyl (C=O) groups excluding carboxylic acids is 1. The summed E-state index contributed by atoms with van der Waals surface area (Å²) in [5.41, 5.74) is 1.61. The fourth-order valence-electron chi connectivity index (χ4n) is 3.13. The number of nitrogens with zero attached hydrogens (tertiary/aromatic N) is 1. The summed E-state index contributed by atoms with van der Waals surface area (Å²) in [5.74, 6) is 2.51. The van der Waals surface area contributed by atoms with E-state index >= 15 is 0 Å². The van der Waals surface area contributed by atoms with Crippen molar-refractivity contribution in [1.82, 2.24) is 10.2 Å². The minimum Gasteiger partial charge on any atom is -0.488 e. The summed E-state index contributed by atoms with van der Waals surface area (Å²) in [6.07, 6.45) is 4.27. The van der Waals surface area contributed by atoms with Crippen LogP contribution in [0.5, 0.6) is 17.2 Å². The highest BCUT2D eigenvalue weighted by atomic mass is 16.5. The summed E-state index contributed by atoms with van der Waals surface area (Å²) in [5, 5.41) is 20.1. The van der Waals surface area contributed by atoms with Crippen molar-refractivity contribution in [2.75, 3.05) is 26.7 Å². The lowest BCUT2D eigenvalue weighted by Gasteiger charge is -2.30. The Labute approximate surface area is 188 Å².